The lowest BCUT2D eigenvalue weighted by Gasteiger charge is -2.14. The molecule has 4 nitrogen and oxygen atoms in total. The third kappa shape index (κ3) is 3.65. The fourth-order valence-electron chi connectivity index (χ4n) is 2.70. The second kappa shape index (κ2) is 7.75. The van der Waals surface area contributed by atoms with Crippen molar-refractivity contribution in [2.75, 3.05) is 0 Å². The van der Waals surface area contributed by atoms with Crippen LogP contribution < -0.4 is 4.74 Å². The fraction of sp³-hybridized carbons (Fsp3) is 0.238. The molecule has 3 aromatic rings. The lowest BCUT2D eigenvalue weighted by Crippen LogP contribution is -2.01. The largest absolute Gasteiger partial charge is 0.485 e. The van der Waals surface area contributed by atoms with Crippen molar-refractivity contribution in [3.8, 4) is 5.75 Å². The minimum absolute atomic E-state index is 0.358. The first-order valence-electron chi connectivity index (χ1n) is 8.56. The number of hydrogen-bond acceptors (Lipinski definition) is 3. The van der Waals surface area contributed by atoms with Crippen LogP contribution >= 0.6 is 11.6 Å². The van der Waals surface area contributed by atoms with Crippen LogP contribution in [-0.4, -0.2) is 14.6 Å². The van der Waals surface area contributed by atoms with Crippen molar-refractivity contribution in [1.82, 2.24) is 14.6 Å². The molecule has 0 aliphatic heterocycles. The molecule has 0 aliphatic carbocycles. The molecule has 134 valence electrons. The summed E-state index contributed by atoms with van der Waals surface area (Å²) >= 11 is 6.32. The van der Waals surface area contributed by atoms with E-state index < -0.39 is 0 Å². The Labute approximate surface area is 158 Å². The van der Waals surface area contributed by atoms with E-state index >= 15 is 0 Å². The van der Waals surface area contributed by atoms with Crippen molar-refractivity contribution in [1.29, 1.82) is 0 Å². The van der Waals surface area contributed by atoms with Crippen LogP contribution in [0.2, 0.25) is 5.02 Å². The average molecular weight is 368 g/mol. The number of halogens is 1. The van der Waals surface area contributed by atoms with Gasteiger partial charge in [-0.25, -0.2) is 4.52 Å². The van der Waals surface area contributed by atoms with Crippen LogP contribution in [0.4, 0.5) is 0 Å². The number of allylic oxidation sites excluding steroid dienone is 3. The molecule has 0 atom stereocenters. The van der Waals surface area contributed by atoms with Crippen molar-refractivity contribution < 1.29 is 4.74 Å². The Morgan fingerprint density at radius 2 is 2.12 bits per heavy atom. The maximum atomic E-state index is 6.32. The van der Waals surface area contributed by atoms with Crippen LogP contribution in [0, 0.1) is 0 Å². The smallest absolute Gasteiger partial charge is 0.147 e. The van der Waals surface area contributed by atoms with Crippen molar-refractivity contribution in [2.24, 2.45) is 0 Å². The molecule has 5 heteroatoms. The molecule has 0 aromatic carbocycles. The van der Waals surface area contributed by atoms with Crippen molar-refractivity contribution in [2.45, 2.75) is 33.8 Å². The third-order valence-corrected chi connectivity index (χ3v) is 4.88. The molecular formula is C21H22ClN3O. The minimum Gasteiger partial charge on any atom is -0.485 e. The van der Waals surface area contributed by atoms with Gasteiger partial charge in [-0.15, -0.1) is 0 Å². The SMILES string of the molecule is C=C(/C(C)=C(\C)CC)c1cc(OCc2ccccn2)c2c(Cl)cnn2c1. The van der Waals surface area contributed by atoms with Crippen LogP contribution in [0.25, 0.3) is 11.1 Å². The van der Waals surface area contributed by atoms with Gasteiger partial charge < -0.3 is 4.74 Å². The fourth-order valence-corrected chi connectivity index (χ4v) is 2.92. The van der Waals surface area contributed by atoms with Gasteiger partial charge in [0.25, 0.3) is 0 Å². The number of nitrogens with zero attached hydrogens (tertiary/aromatic N) is 3. The number of rotatable bonds is 6. The maximum Gasteiger partial charge on any atom is 0.147 e. The van der Waals surface area contributed by atoms with Gasteiger partial charge in [0.15, 0.2) is 0 Å². The highest BCUT2D eigenvalue weighted by atomic mass is 35.5. The third-order valence-electron chi connectivity index (χ3n) is 4.61. The van der Waals surface area contributed by atoms with Crippen molar-refractivity contribution in [3.63, 3.8) is 0 Å². The molecule has 0 fully saturated rings. The summed E-state index contributed by atoms with van der Waals surface area (Å²) in [5, 5.41) is 4.88. The Morgan fingerprint density at radius 1 is 1.31 bits per heavy atom. The first kappa shape index (κ1) is 18.2. The number of aromatic nitrogens is 3. The van der Waals surface area contributed by atoms with Gasteiger partial charge in [-0.3, -0.25) is 4.98 Å². The van der Waals surface area contributed by atoms with E-state index in [-0.39, 0.29) is 0 Å². The quantitative estimate of drug-likeness (QED) is 0.523. The standard InChI is InChI=1S/C21H22ClN3O/c1-5-14(2)15(3)16(4)17-10-20(21-19(22)11-24-25(21)12-17)26-13-18-8-6-7-9-23-18/h6-12H,4-5,13H2,1-3H3/b15-14+. The molecule has 3 aromatic heterocycles. The molecule has 0 saturated heterocycles. The highest BCUT2D eigenvalue weighted by molar-refractivity contribution is 6.34. The van der Waals surface area contributed by atoms with Crippen LogP contribution in [-0.2, 0) is 6.61 Å². The highest BCUT2D eigenvalue weighted by Crippen LogP contribution is 2.33. The van der Waals surface area contributed by atoms with E-state index in [1.165, 1.54) is 11.1 Å². The van der Waals surface area contributed by atoms with Gasteiger partial charge in [0.1, 0.15) is 17.9 Å². The summed E-state index contributed by atoms with van der Waals surface area (Å²) in [6.07, 6.45) is 6.30. The average Bonchev–Trinajstić information content (AvgIpc) is 3.06. The minimum atomic E-state index is 0.358. The maximum absolute atomic E-state index is 6.32. The summed E-state index contributed by atoms with van der Waals surface area (Å²) in [5.41, 5.74) is 6.00. The number of pyridine rings is 2. The summed E-state index contributed by atoms with van der Waals surface area (Å²) in [4.78, 5) is 4.30. The second-order valence-electron chi connectivity index (χ2n) is 6.23. The number of hydrogen-bond donors (Lipinski definition) is 0. The van der Waals surface area contributed by atoms with Gasteiger partial charge in [0.05, 0.1) is 16.9 Å². The summed E-state index contributed by atoms with van der Waals surface area (Å²) < 4.78 is 7.78. The van der Waals surface area contributed by atoms with E-state index in [2.05, 4.69) is 37.4 Å². The number of fused-ring (bicyclic) bond motifs is 1. The molecule has 0 spiro atoms. The zero-order valence-electron chi connectivity index (χ0n) is 15.3. The molecule has 26 heavy (non-hydrogen) atoms. The zero-order chi connectivity index (χ0) is 18.7. The van der Waals surface area contributed by atoms with Gasteiger partial charge in [-0.05, 0) is 49.6 Å². The monoisotopic (exact) mass is 367 g/mol. The van der Waals surface area contributed by atoms with E-state index in [4.69, 9.17) is 16.3 Å². The van der Waals surface area contributed by atoms with E-state index in [1.54, 1.807) is 16.9 Å². The molecular weight excluding hydrogens is 346 g/mol. The summed E-state index contributed by atoms with van der Waals surface area (Å²) in [7, 11) is 0. The second-order valence-corrected chi connectivity index (χ2v) is 6.63. The molecule has 0 bridgehead atoms. The molecule has 0 N–H and O–H groups in total. The van der Waals surface area contributed by atoms with Gasteiger partial charge in [0.2, 0.25) is 0 Å². The Hall–Kier alpha value is -2.59. The first-order valence-corrected chi connectivity index (χ1v) is 8.94. The van der Waals surface area contributed by atoms with Gasteiger partial charge in [-0.1, -0.05) is 36.7 Å². The summed E-state index contributed by atoms with van der Waals surface area (Å²) in [6.45, 7) is 11.0. The molecule has 0 amide bonds. The molecule has 0 radical (unpaired) electrons. The zero-order valence-corrected chi connectivity index (χ0v) is 16.0. The van der Waals surface area contributed by atoms with Gasteiger partial charge in [0, 0.05) is 18.0 Å². The van der Waals surface area contributed by atoms with Crippen LogP contribution in [0.5, 0.6) is 5.75 Å². The molecule has 3 rings (SSSR count). The Morgan fingerprint density at radius 3 is 2.81 bits per heavy atom. The summed E-state index contributed by atoms with van der Waals surface area (Å²) in [6, 6.07) is 7.72. The van der Waals surface area contributed by atoms with Crippen molar-refractivity contribution >= 4 is 22.7 Å². The van der Waals surface area contributed by atoms with Crippen molar-refractivity contribution in [3.05, 3.63) is 76.9 Å². The summed E-state index contributed by atoms with van der Waals surface area (Å²) in [5.74, 6) is 0.666. The van der Waals surface area contributed by atoms with E-state index in [1.807, 2.05) is 30.5 Å². The molecule has 0 aliphatic rings. The van der Waals surface area contributed by atoms with E-state index in [9.17, 15) is 0 Å². The Balaban J connectivity index is 2.01. The predicted octanol–water partition coefficient (Wildman–Crippen LogP) is 5.72. The Kier molecular flexibility index (Phi) is 5.43. The van der Waals surface area contributed by atoms with Gasteiger partial charge in [-0.2, -0.15) is 5.10 Å². The lowest BCUT2D eigenvalue weighted by atomic mass is 9.97. The van der Waals surface area contributed by atoms with Crippen LogP contribution in [0.15, 0.2) is 60.6 Å². The highest BCUT2D eigenvalue weighted by Gasteiger charge is 2.14. The first-order chi connectivity index (χ1) is 12.5. The Bertz CT molecular complexity index is 974. The van der Waals surface area contributed by atoms with E-state index in [0.29, 0.717) is 17.4 Å². The topological polar surface area (TPSA) is 39.4 Å². The van der Waals surface area contributed by atoms with Crippen LogP contribution in [0.1, 0.15) is 38.4 Å². The molecule has 3 heterocycles. The molecule has 0 saturated carbocycles. The predicted molar refractivity (Wildman–Crippen MR) is 106 cm³/mol. The lowest BCUT2D eigenvalue weighted by molar-refractivity contribution is 0.303. The normalized spacial score (nSPS) is 12.2. The number of ether oxygens (including phenoxy) is 1. The van der Waals surface area contributed by atoms with Crippen LogP contribution in [0.3, 0.4) is 0 Å². The van der Waals surface area contributed by atoms with Gasteiger partial charge >= 0.3 is 0 Å². The van der Waals surface area contributed by atoms with E-state index in [0.717, 1.165) is 28.8 Å². The molecule has 0 unspecified atom stereocenters.